The number of nitrogens with one attached hydrogen (secondary N) is 1. The van der Waals surface area contributed by atoms with Crippen molar-refractivity contribution in [3.05, 3.63) is 65.2 Å². The molecule has 0 bridgehead atoms. The van der Waals surface area contributed by atoms with E-state index in [9.17, 15) is 0 Å². The zero-order valence-electron chi connectivity index (χ0n) is 12.2. The molecule has 3 nitrogen and oxygen atoms in total. The van der Waals surface area contributed by atoms with Gasteiger partial charge in [-0.25, -0.2) is 0 Å². The van der Waals surface area contributed by atoms with E-state index >= 15 is 0 Å². The topological polar surface area (TPSA) is 47.3 Å². The van der Waals surface area contributed by atoms with Gasteiger partial charge in [0.15, 0.2) is 0 Å². The first-order chi connectivity index (χ1) is 10.3. The minimum absolute atomic E-state index is 0.303. The Kier molecular flexibility index (Phi) is 4.53. The van der Waals surface area contributed by atoms with Gasteiger partial charge < -0.3 is 4.74 Å². The molecule has 3 heteroatoms. The van der Waals surface area contributed by atoms with Gasteiger partial charge in [-0.15, -0.1) is 0 Å². The number of aryl methyl sites for hydroxylation is 1. The molecule has 1 heterocycles. The Labute approximate surface area is 126 Å². The van der Waals surface area contributed by atoms with Gasteiger partial charge in [0.2, 0.25) is 0 Å². The molecule has 2 aromatic carbocycles. The van der Waals surface area contributed by atoms with E-state index in [2.05, 4.69) is 47.9 Å². The largest absolute Gasteiger partial charge is 0.493 e. The second kappa shape index (κ2) is 6.74. The first-order valence-corrected chi connectivity index (χ1v) is 7.60. The molecule has 1 aliphatic rings. The predicted molar refractivity (Wildman–Crippen MR) is 85.2 cm³/mol. The third-order valence-corrected chi connectivity index (χ3v) is 4.10. The fourth-order valence-electron chi connectivity index (χ4n) is 2.88. The molecule has 0 fully saturated rings. The van der Waals surface area contributed by atoms with Gasteiger partial charge in [-0.2, -0.15) is 0 Å². The van der Waals surface area contributed by atoms with Crippen molar-refractivity contribution in [3.8, 4) is 5.75 Å². The van der Waals surface area contributed by atoms with Gasteiger partial charge in [0.1, 0.15) is 5.75 Å². The summed E-state index contributed by atoms with van der Waals surface area (Å²) >= 11 is 0. The summed E-state index contributed by atoms with van der Waals surface area (Å²) in [5.74, 6) is 6.76. The van der Waals surface area contributed by atoms with Crippen molar-refractivity contribution in [1.82, 2.24) is 5.43 Å². The molecule has 0 amide bonds. The molecular weight excluding hydrogens is 260 g/mol. The molecule has 3 N–H and O–H groups in total. The fraction of sp³-hybridized carbons (Fsp3) is 0.333. The van der Waals surface area contributed by atoms with Crippen LogP contribution in [0.1, 0.15) is 23.1 Å². The van der Waals surface area contributed by atoms with Crippen LogP contribution in [0.3, 0.4) is 0 Å². The van der Waals surface area contributed by atoms with Gasteiger partial charge in [0.25, 0.3) is 0 Å². The van der Waals surface area contributed by atoms with E-state index < -0.39 is 0 Å². The molecule has 0 spiro atoms. The van der Waals surface area contributed by atoms with Crippen molar-refractivity contribution < 1.29 is 4.74 Å². The quantitative estimate of drug-likeness (QED) is 0.632. The molecule has 2 aromatic rings. The average Bonchev–Trinajstić information content (AvgIpc) is 3.00. The molecule has 0 saturated carbocycles. The monoisotopic (exact) mass is 282 g/mol. The lowest BCUT2D eigenvalue weighted by Crippen LogP contribution is -2.37. The van der Waals surface area contributed by atoms with Crippen LogP contribution in [-0.4, -0.2) is 12.6 Å². The number of ether oxygens (including phenoxy) is 1. The van der Waals surface area contributed by atoms with Gasteiger partial charge in [-0.1, -0.05) is 42.5 Å². The summed E-state index contributed by atoms with van der Waals surface area (Å²) in [6.07, 6.45) is 4.07. The summed E-state index contributed by atoms with van der Waals surface area (Å²) in [5, 5.41) is 0. The zero-order valence-corrected chi connectivity index (χ0v) is 12.2. The van der Waals surface area contributed by atoms with E-state index in [1.54, 1.807) is 0 Å². The molecule has 1 aliphatic heterocycles. The molecule has 1 unspecified atom stereocenters. The number of rotatable bonds is 6. The van der Waals surface area contributed by atoms with Crippen LogP contribution in [0.15, 0.2) is 48.5 Å². The molecule has 3 rings (SSSR count). The van der Waals surface area contributed by atoms with Crippen molar-refractivity contribution in [2.24, 2.45) is 5.84 Å². The molecule has 0 radical (unpaired) electrons. The van der Waals surface area contributed by atoms with E-state index in [1.165, 1.54) is 16.7 Å². The average molecular weight is 282 g/mol. The summed E-state index contributed by atoms with van der Waals surface area (Å²) in [6, 6.07) is 17.3. The first-order valence-electron chi connectivity index (χ1n) is 7.60. The van der Waals surface area contributed by atoms with Gasteiger partial charge in [-0.05, 0) is 42.0 Å². The summed E-state index contributed by atoms with van der Waals surface area (Å²) < 4.78 is 5.55. The number of fused-ring (bicyclic) bond motifs is 1. The number of hydrogen-bond acceptors (Lipinski definition) is 3. The highest BCUT2D eigenvalue weighted by molar-refractivity contribution is 5.39. The summed E-state index contributed by atoms with van der Waals surface area (Å²) in [4.78, 5) is 0. The van der Waals surface area contributed by atoms with Gasteiger partial charge in [0.05, 0.1) is 6.61 Å². The molecule has 0 saturated heterocycles. The molecule has 21 heavy (non-hydrogen) atoms. The number of nitrogens with two attached hydrogens (primary N) is 1. The van der Waals surface area contributed by atoms with Crippen molar-refractivity contribution in [1.29, 1.82) is 0 Å². The highest BCUT2D eigenvalue weighted by Gasteiger charge is 2.13. The van der Waals surface area contributed by atoms with Crippen molar-refractivity contribution in [2.45, 2.75) is 31.7 Å². The Morgan fingerprint density at radius 2 is 1.95 bits per heavy atom. The Balaban J connectivity index is 1.58. The lowest BCUT2D eigenvalue weighted by molar-refractivity contribution is 0.357. The molecular formula is C18H22N2O. The maximum Gasteiger partial charge on any atom is 0.122 e. The number of hydrogen-bond donors (Lipinski definition) is 2. The van der Waals surface area contributed by atoms with E-state index in [4.69, 9.17) is 10.6 Å². The van der Waals surface area contributed by atoms with Crippen LogP contribution < -0.4 is 16.0 Å². The zero-order chi connectivity index (χ0) is 14.5. The van der Waals surface area contributed by atoms with Crippen LogP contribution in [0.2, 0.25) is 0 Å². The number of benzene rings is 2. The first kappa shape index (κ1) is 14.1. The summed E-state index contributed by atoms with van der Waals surface area (Å²) in [5.41, 5.74) is 6.98. The second-order valence-electron chi connectivity index (χ2n) is 5.63. The highest BCUT2D eigenvalue weighted by atomic mass is 16.5. The van der Waals surface area contributed by atoms with E-state index in [0.29, 0.717) is 6.04 Å². The third kappa shape index (κ3) is 3.63. The van der Waals surface area contributed by atoms with Gasteiger partial charge in [0, 0.05) is 12.5 Å². The lowest BCUT2D eigenvalue weighted by atomic mass is 9.98. The SMILES string of the molecule is NNC(CCc1ccc2c(c1)CCO2)Cc1ccccc1. The molecule has 1 atom stereocenters. The normalized spacial score (nSPS) is 14.5. The predicted octanol–water partition coefficient (Wildman–Crippen LogP) is 2.63. The Bertz CT molecular complexity index is 583. The Morgan fingerprint density at radius 3 is 2.76 bits per heavy atom. The van der Waals surface area contributed by atoms with Gasteiger partial charge in [-0.3, -0.25) is 11.3 Å². The third-order valence-electron chi connectivity index (χ3n) is 4.10. The lowest BCUT2D eigenvalue weighted by Gasteiger charge is -2.16. The minimum Gasteiger partial charge on any atom is -0.493 e. The summed E-state index contributed by atoms with van der Waals surface area (Å²) in [6.45, 7) is 0.819. The Hall–Kier alpha value is -1.84. The van der Waals surface area contributed by atoms with Crippen LogP contribution in [0.4, 0.5) is 0 Å². The van der Waals surface area contributed by atoms with Crippen LogP contribution in [-0.2, 0) is 19.3 Å². The van der Waals surface area contributed by atoms with Crippen LogP contribution in [0.5, 0.6) is 5.75 Å². The molecule has 110 valence electrons. The Morgan fingerprint density at radius 1 is 1.10 bits per heavy atom. The standard InChI is InChI=1S/C18H22N2O/c19-20-17(13-14-4-2-1-3-5-14)8-6-15-7-9-18-16(12-15)10-11-21-18/h1-5,7,9,12,17,20H,6,8,10-11,13,19H2. The van der Waals surface area contributed by atoms with E-state index in [1.807, 2.05) is 6.07 Å². The van der Waals surface area contributed by atoms with Crippen molar-refractivity contribution in [2.75, 3.05) is 6.61 Å². The van der Waals surface area contributed by atoms with E-state index in [0.717, 1.165) is 38.0 Å². The maximum absolute atomic E-state index is 5.70. The van der Waals surface area contributed by atoms with Crippen LogP contribution in [0.25, 0.3) is 0 Å². The van der Waals surface area contributed by atoms with Crippen molar-refractivity contribution in [3.63, 3.8) is 0 Å². The maximum atomic E-state index is 5.70. The molecule has 0 aromatic heterocycles. The van der Waals surface area contributed by atoms with Gasteiger partial charge >= 0.3 is 0 Å². The smallest absolute Gasteiger partial charge is 0.122 e. The minimum atomic E-state index is 0.303. The van der Waals surface area contributed by atoms with E-state index in [-0.39, 0.29) is 0 Å². The number of hydrazine groups is 1. The highest BCUT2D eigenvalue weighted by Crippen LogP contribution is 2.26. The summed E-state index contributed by atoms with van der Waals surface area (Å²) in [7, 11) is 0. The van der Waals surface area contributed by atoms with Crippen LogP contribution >= 0.6 is 0 Å². The van der Waals surface area contributed by atoms with Crippen molar-refractivity contribution >= 4 is 0 Å². The second-order valence-corrected chi connectivity index (χ2v) is 5.63. The fourth-order valence-corrected chi connectivity index (χ4v) is 2.88. The van der Waals surface area contributed by atoms with Crippen LogP contribution in [0, 0.1) is 0 Å². The molecule has 0 aliphatic carbocycles.